The molecule has 1 fully saturated rings. The standard InChI is InChI=1S/C20H18N2O7S/c1-12-5-4-6-14(9-12)22-19(24)15(18(23)21-20(22)25)10-13-7-8-16(17(11-13)28-2)29-30(3,26)27/h4-11H,1-3H3,(H,21,23,25)/b15-10+. The number of nitrogens with one attached hydrogen (secondary N) is 1. The van der Waals surface area contributed by atoms with E-state index in [4.69, 9.17) is 8.92 Å². The Bertz CT molecular complexity index is 1190. The van der Waals surface area contributed by atoms with E-state index in [2.05, 4.69) is 5.32 Å². The molecule has 156 valence electrons. The third-order valence-electron chi connectivity index (χ3n) is 4.10. The highest BCUT2D eigenvalue weighted by molar-refractivity contribution is 7.86. The fourth-order valence-electron chi connectivity index (χ4n) is 2.83. The Balaban J connectivity index is 2.00. The number of urea groups is 1. The highest BCUT2D eigenvalue weighted by atomic mass is 32.2. The highest BCUT2D eigenvalue weighted by Crippen LogP contribution is 2.30. The molecule has 0 spiro atoms. The van der Waals surface area contributed by atoms with Gasteiger partial charge < -0.3 is 8.92 Å². The van der Waals surface area contributed by atoms with Gasteiger partial charge >= 0.3 is 16.1 Å². The molecule has 0 aromatic heterocycles. The molecule has 1 aliphatic rings. The summed E-state index contributed by atoms with van der Waals surface area (Å²) in [6, 6.07) is 10.1. The second-order valence-electron chi connectivity index (χ2n) is 6.49. The summed E-state index contributed by atoms with van der Waals surface area (Å²) in [5, 5.41) is 2.14. The molecule has 0 atom stereocenters. The first kappa shape index (κ1) is 21.1. The molecule has 1 aliphatic heterocycles. The Morgan fingerprint density at radius 2 is 1.77 bits per heavy atom. The van der Waals surface area contributed by atoms with E-state index < -0.39 is 28.0 Å². The van der Waals surface area contributed by atoms with Crippen LogP contribution in [0.4, 0.5) is 10.5 Å². The number of aryl methyl sites for hydroxylation is 1. The Morgan fingerprint density at radius 3 is 2.40 bits per heavy atom. The number of methoxy groups -OCH3 is 1. The van der Waals surface area contributed by atoms with Crippen molar-refractivity contribution in [2.45, 2.75) is 6.92 Å². The van der Waals surface area contributed by atoms with Gasteiger partial charge in [0.15, 0.2) is 11.5 Å². The predicted octanol–water partition coefficient (Wildman–Crippen LogP) is 2.01. The molecule has 0 saturated carbocycles. The Labute approximate surface area is 173 Å². The molecule has 0 unspecified atom stereocenters. The number of benzene rings is 2. The smallest absolute Gasteiger partial charge is 0.335 e. The average molecular weight is 430 g/mol. The van der Waals surface area contributed by atoms with Crippen LogP contribution in [0, 0.1) is 6.92 Å². The Morgan fingerprint density at radius 1 is 1.03 bits per heavy atom. The number of amides is 4. The van der Waals surface area contributed by atoms with E-state index in [1.54, 1.807) is 18.2 Å². The average Bonchev–Trinajstić information content (AvgIpc) is 2.65. The van der Waals surface area contributed by atoms with Crippen molar-refractivity contribution in [1.82, 2.24) is 5.32 Å². The number of nitrogens with zero attached hydrogens (tertiary/aromatic N) is 1. The first-order valence-electron chi connectivity index (χ1n) is 8.64. The number of barbiturate groups is 1. The van der Waals surface area contributed by atoms with Crippen LogP contribution in [-0.4, -0.2) is 39.6 Å². The minimum Gasteiger partial charge on any atom is -0.493 e. The zero-order valence-electron chi connectivity index (χ0n) is 16.3. The maximum atomic E-state index is 12.9. The van der Waals surface area contributed by atoms with Crippen LogP contribution in [0.5, 0.6) is 11.5 Å². The summed E-state index contributed by atoms with van der Waals surface area (Å²) in [5.41, 5.74) is 1.26. The number of hydrogen-bond acceptors (Lipinski definition) is 7. The lowest BCUT2D eigenvalue weighted by atomic mass is 10.1. The summed E-state index contributed by atoms with van der Waals surface area (Å²) in [6.45, 7) is 1.81. The van der Waals surface area contributed by atoms with Gasteiger partial charge in [0.05, 0.1) is 19.1 Å². The molecular formula is C20H18N2O7S. The van der Waals surface area contributed by atoms with E-state index in [9.17, 15) is 22.8 Å². The van der Waals surface area contributed by atoms with Crippen LogP contribution in [0.1, 0.15) is 11.1 Å². The minimum absolute atomic E-state index is 0.0434. The third-order valence-corrected chi connectivity index (χ3v) is 4.58. The lowest BCUT2D eigenvalue weighted by molar-refractivity contribution is -0.122. The molecule has 9 nitrogen and oxygen atoms in total. The van der Waals surface area contributed by atoms with Crippen LogP contribution in [0.25, 0.3) is 6.08 Å². The van der Waals surface area contributed by atoms with Crippen LogP contribution in [0.2, 0.25) is 0 Å². The van der Waals surface area contributed by atoms with E-state index in [0.29, 0.717) is 11.3 Å². The van der Waals surface area contributed by atoms with E-state index in [0.717, 1.165) is 16.7 Å². The monoisotopic (exact) mass is 430 g/mol. The van der Waals surface area contributed by atoms with Crippen molar-refractivity contribution in [1.29, 1.82) is 0 Å². The SMILES string of the molecule is COc1cc(/C=C2\C(=O)NC(=O)N(c3cccc(C)c3)C2=O)ccc1OS(C)(=O)=O. The van der Waals surface area contributed by atoms with Crippen molar-refractivity contribution in [3.63, 3.8) is 0 Å². The van der Waals surface area contributed by atoms with Gasteiger partial charge in [0.2, 0.25) is 0 Å². The summed E-state index contributed by atoms with van der Waals surface area (Å²) in [5.74, 6) is -1.59. The first-order chi connectivity index (χ1) is 14.1. The zero-order valence-corrected chi connectivity index (χ0v) is 17.1. The molecule has 0 bridgehead atoms. The van der Waals surface area contributed by atoms with E-state index in [1.165, 1.54) is 31.4 Å². The number of carbonyl (C=O) groups excluding carboxylic acids is 3. The van der Waals surface area contributed by atoms with Gasteiger partial charge in [0.1, 0.15) is 5.57 Å². The molecular weight excluding hydrogens is 412 g/mol. The van der Waals surface area contributed by atoms with Crippen molar-refractivity contribution < 1.29 is 31.7 Å². The highest BCUT2D eigenvalue weighted by Gasteiger charge is 2.36. The van der Waals surface area contributed by atoms with Crippen LogP contribution in [0.3, 0.4) is 0 Å². The third kappa shape index (κ3) is 4.49. The first-order valence-corrected chi connectivity index (χ1v) is 10.5. The van der Waals surface area contributed by atoms with E-state index >= 15 is 0 Å². The molecule has 10 heteroatoms. The van der Waals surface area contributed by atoms with Crippen molar-refractivity contribution in [3.8, 4) is 11.5 Å². The van der Waals surface area contributed by atoms with Crippen molar-refractivity contribution in [2.75, 3.05) is 18.3 Å². The van der Waals surface area contributed by atoms with Crippen LogP contribution < -0.4 is 19.1 Å². The number of carbonyl (C=O) groups is 3. The molecule has 4 amide bonds. The second-order valence-corrected chi connectivity index (χ2v) is 8.07. The largest absolute Gasteiger partial charge is 0.493 e. The Kier molecular flexibility index (Phi) is 5.61. The number of anilines is 1. The van der Waals surface area contributed by atoms with Gasteiger partial charge in [-0.15, -0.1) is 0 Å². The molecule has 3 rings (SSSR count). The van der Waals surface area contributed by atoms with Gasteiger partial charge in [0.25, 0.3) is 11.8 Å². The van der Waals surface area contributed by atoms with Gasteiger partial charge in [-0.25, -0.2) is 9.69 Å². The summed E-state index contributed by atoms with van der Waals surface area (Å²) in [6.07, 6.45) is 2.17. The normalized spacial score (nSPS) is 15.9. The van der Waals surface area contributed by atoms with Crippen LogP contribution >= 0.6 is 0 Å². The van der Waals surface area contributed by atoms with Gasteiger partial charge in [-0.2, -0.15) is 8.42 Å². The number of imide groups is 2. The summed E-state index contributed by atoms with van der Waals surface area (Å²) < 4.78 is 32.7. The van der Waals surface area contributed by atoms with Gasteiger partial charge in [-0.3, -0.25) is 14.9 Å². The molecule has 2 aromatic carbocycles. The molecule has 0 radical (unpaired) electrons. The molecule has 0 aliphatic carbocycles. The second kappa shape index (κ2) is 7.99. The van der Waals surface area contributed by atoms with E-state index in [-0.39, 0.29) is 17.1 Å². The Hall–Kier alpha value is -3.66. The maximum absolute atomic E-state index is 12.9. The number of rotatable bonds is 5. The molecule has 2 aromatic rings. The summed E-state index contributed by atoms with van der Waals surface area (Å²) >= 11 is 0. The fraction of sp³-hybridized carbons (Fsp3) is 0.150. The van der Waals surface area contributed by atoms with Crippen LogP contribution in [0.15, 0.2) is 48.0 Å². The fourth-order valence-corrected chi connectivity index (χ4v) is 3.30. The topological polar surface area (TPSA) is 119 Å². The summed E-state index contributed by atoms with van der Waals surface area (Å²) in [7, 11) is -2.46. The quantitative estimate of drug-likeness (QED) is 0.438. The molecule has 1 saturated heterocycles. The molecule has 1 N–H and O–H groups in total. The van der Waals surface area contributed by atoms with Crippen molar-refractivity contribution >= 4 is 39.7 Å². The van der Waals surface area contributed by atoms with Crippen molar-refractivity contribution in [3.05, 3.63) is 59.2 Å². The van der Waals surface area contributed by atoms with Gasteiger partial charge in [-0.1, -0.05) is 18.2 Å². The van der Waals surface area contributed by atoms with Gasteiger partial charge in [0, 0.05) is 0 Å². The number of ether oxygens (including phenoxy) is 1. The number of hydrogen-bond donors (Lipinski definition) is 1. The zero-order chi connectivity index (χ0) is 22.1. The molecule has 1 heterocycles. The molecule has 30 heavy (non-hydrogen) atoms. The minimum atomic E-state index is -3.77. The van der Waals surface area contributed by atoms with E-state index in [1.807, 2.05) is 13.0 Å². The lowest BCUT2D eigenvalue weighted by Crippen LogP contribution is -2.54. The van der Waals surface area contributed by atoms with Crippen LogP contribution in [-0.2, 0) is 19.7 Å². The maximum Gasteiger partial charge on any atom is 0.335 e. The predicted molar refractivity (Wildman–Crippen MR) is 109 cm³/mol. The van der Waals surface area contributed by atoms with Gasteiger partial charge in [-0.05, 0) is 48.4 Å². The lowest BCUT2D eigenvalue weighted by Gasteiger charge is -2.26. The summed E-state index contributed by atoms with van der Waals surface area (Å²) in [4.78, 5) is 38.3. The van der Waals surface area contributed by atoms with Crippen molar-refractivity contribution in [2.24, 2.45) is 0 Å².